The van der Waals surface area contributed by atoms with Gasteiger partial charge in [-0.15, -0.1) is 0 Å². The molecular weight excluding hydrogens is 192 g/mol. The highest BCUT2D eigenvalue weighted by molar-refractivity contribution is 7.87. The number of aliphatic hydroxyl groups is 1. The molecule has 0 aliphatic carbocycles. The Morgan fingerprint density at radius 3 is 2.38 bits per heavy atom. The van der Waals surface area contributed by atoms with Crippen molar-refractivity contribution in [2.45, 2.75) is 32.8 Å². The van der Waals surface area contributed by atoms with Crippen molar-refractivity contribution in [3.63, 3.8) is 0 Å². The molecule has 0 aliphatic rings. The van der Waals surface area contributed by atoms with Crippen molar-refractivity contribution in [2.24, 2.45) is 0 Å². The largest absolute Gasteiger partial charge is 0.392 e. The van der Waals surface area contributed by atoms with Crippen molar-refractivity contribution in [3.8, 4) is 0 Å². The fraction of sp³-hybridized carbons (Fsp3) is 1.00. The van der Waals surface area contributed by atoms with E-state index in [2.05, 4.69) is 9.44 Å². The average Bonchev–Trinajstić information content (AvgIpc) is 2.02. The lowest BCUT2D eigenvalue weighted by Crippen LogP contribution is -2.40. The highest BCUT2D eigenvalue weighted by Gasteiger charge is 2.09. The summed E-state index contributed by atoms with van der Waals surface area (Å²) < 4.78 is 26.5. The van der Waals surface area contributed by atoms with Crippen molar-refractivity contribution in [2.75, 3.05) is 13.1 Å². The van der Waals surface area contributed by atoms with Gasteiger partial charge in [-0.1, -0.05) is 20.3 Å². The molecule has 0 aromatic rings. The van der Waals surface area contributed by atoms with Gasteiger partial charge in [0, 0.05) is 13.1 Å². The Bertz CT molecular complexity index is 216. The first kappa shape index (κ1) is 12.8. The molecular formula is C7H18N2O3S. The van der Waals surface area contributed by atoms with Crippen LogP contribution < -0.4 is 9.44 Å². The van der Waals surface area contributed by atoms with E-state index < -0.39 is 16.3 Å². The minimum absolute atomic E-state index is 0.0726. The molecule has 0 saturated carbocycles. The fourth-order valence-electron chi connectivity index (χ4n) is 0.882. The van der Waals surface area contributed by atoms with Crippen LogP contribution in [0, 0.1) is 0 Å². The Labute approximate surface area is 79.7 Å². The van der Waals surface area contributed by atoms with Crippen LogP contribution >= 0.6 is 0 Å². The molecule has 0 saturated heterocycles. The topological polar surface area (TPSA) is 78.4 Å². The molecule has 1 atom stereocenters. The molecule has 0 amide bonds. The fourth-order valence-corrected chi connectivity index (χ4v) is 1.78. The molecule has 6 heteroatoms. The number of hydrogen-bond acceptors (Lipinski definition) is 3. The third-order valence-corrected chi connectivity index (χ3v) is 2.68. The van der Waals surface area contributed by atoms with E-state index in [-0.39, 0.29) is 6.54 Å². The van der Waals surface area contributed by atoms with Gasteiger partial charge in [-0.25, -0.2) is 4.72 Å². The lowest BCUT2D eigenvalue weighted by Gasteiger charge is -2.10. The maximum Gasteiger partial charge on any atom is 0.276 e. The minimum Gasteiger partial charge on any atom is -0.392 e. The predicted molar refractivity (Wildman–Crippen MR) is 51.5 cm³/mol. The van der Waals surface area contributed by atoms with Gasteiger partial charge in [-0.3, -0.25) is 0 Å². The van der Waals surface area contributed by atoms with Gasteiger partial charge in [-0.05, 0) is 6.42 Å². The molecule has 1 unspecified atom stereocenters. The van der Waals surface area contributed by atoms with Crippen LogP contribution in [0.4, 0.5) is 0 Å². The molecule has 0 rings (SSSR count). The first-order chi connectivity index (χ1) is 6.02. The van der Waals surface area contributed by atoms with E-state index in [1.807, 2.05) is 6.92 Å². The van der Waals surface area contributed by atoms with Gasteiger partial charge in [0.2, 0.25) is 0 Å². The summed E-state index contributed by atoms with van der Waals surface area (Å²) in [6.45, 7) is 4.05. The van der Waals surface area contributed by atoms with Crippen molar-refractivity contribution >= 4 is 10.2 Å². The smallest absolute Gasteiger partial charge is 0.276 e. The van der Waals surface area contributed by atoms with Crippen molar-refractivity contribution in [3.05, 3.63) is 0 Å². The second kappa shape index (κ2) is 6.31. The highest BCUT2D eigenvalue weighted by Crippen LogP contribution is 1.94. The predicted octanol–water partition coefficient (Wildman–Crippen LogP) is -0.409. The van der Waals surface area contributed by atoms with E-state index in [0.717, 1.165) is 6.42 Å². The minimum atomic E-state index is -3.41. The van der Waals surface area contributed by atoms with E-state index in [1.54, 1.807) is 6.92 Å². The molecule has 0 aromatic carbocycles. The van der Waals surface area contributed by atoms with E-state index in [1.165, 1.54) is 0 Å². The molecule has 0 bridgehead atoms. The standard InChI is InChI=1S/C7H18N2O3S/c1-3-5-7(10)6-9-13(11,12)8-4-2/h7-10H,3-6H2,1-2H3. The van der Waals surface area contributed by atoms with Crippen LogP contribution in [0.15, 0.2) is 0 Å². The van der Waals surface area contributed by atoms with Crippen LogP contribution in [0.1, 0.15) is 26.7 Å². The van der Waals surface area contributed by atoms with Crippen LogP contribution in [0.3, 0.4) is 0 Å². The molecule has 0 heterocycles. The molecule has 5 nitrogen and oxygen atoms in total. The maximum absolute atomic E-state index is 11.0. The zero-order chi connectivity index (χ0) is 10.3. The summed E-state index contributed by atoms with van der Waals surface area (Å²) in [6, 6.07) is 0. The third kappa shape index (κ3) is 6.94. The van der Waals surface area contributed by atoms with Gasteiger partial charge in [0.1, 0.15) is 0 Å². The average molecular weight is 210 g/mol. The molecule has 0 aromatic heterocycles. The van der Waals surface area contributed by atoms with E-state index >= 15 is 0 Å². The number of hydrogen-bond donors (Lipinski definition) is 3. The van der Waals surface area contributed by atoms with Gasteiger partial charge in [0.05, 0.1) is 6.10 Å². The summed E-state index contributed by atoms with van der Waals surface area (Å²) in [5.74, 6) is 0. The monoisotopic (exact) mass is 210 g/mol. The number of nitrogens with one attached hydrogen (secondary N) is 2. The Morgan fingerprint density at radius 1 is 1.31 bits per heavy atom. The zero-order valence-electron chi connectivity index (χ0n) is 8.08. The summed E-state index contributed by atoms with van der Waals surface area (Å²) >= 11 is 0. The van der Waals surface area contributed by atoms with Crippen LogP contribution in [0.2, 0.25) is 0 Å². The molecule has 3 N–H and O–H groups in total. The molecule has 0 aliphatic heterocycles. The first-order valence-corrected chi connectivity index (χ1v) is 5.92. The summed E-state index contributed by atoms with van der Waals surface area (Å²) in [6.07, 6.45) is 0.845. The van der Waals surface area contributed by atoms with Crippen molar-refractivity contribution < 1.29 is 13.5 Å². The quantitative estimate of drug-likeness (QED) is 0.534. The van der Waals surface area contributed by atoms with E-state index in [0.29, 0.717) is 13.0 Å². The summed E-state index contributed by atoms with van der Waals surface area (Å²) in [5.41, 5.74) is 0. The third-order valence-electron chi connectivity index (χ3n) is 1.47. The van der Waals surface area contributed by atoms with Crippen LogP contribution in [-0.2, 0) is 10.2 Å². The molecule has 0 spiro atoms. The van der Waals surface area contributed by atoms with Crippen LogP contribution in [0.5, 0.6) is 0 Å². The zero-order valence-corrected chi connectivity index (χ0v) is 8.89. The lowest BCUT2D eigenvalue weighted by atomic mass is 10.2. The maximum atomic E-state index is 11.0. The van der Waals surface area contributed by atoms with Crippen LogP contribution in [0.25, 0.3) is 0 Å². The molecule has 13 heavy (non-hydrogen) atoms. The van der Waals surface area contributed by atoms with E-state index in [9.17, 15) is 13.5 Å². The van der Waals surface area contributed by atoms with E-state index in [4.69, 9.17) is 0 Å². The van der Waals surface area contributed by atoms with Crippen molar-refractivity contribution in [1.82, 2.24) is 9.44 Å². The molecule has 0 radical (unpaired) electrons. The van der Waals surface area contributed by atoms with Gasteiger partial charge in [-0.2, -0.15) is 13.1 Å². The van der Waals surface area contributed by atoms with Gasteiger partial charge in [0.25, 0.3) is 10.2 Å². The Kier molecular flexibility index (Phi) is 6.23. The van der Waals surface area contributed by atoms with Gasteiger partial charge >= 0.3 is 0 Å². The normalized spacial score (nSPS) is 14.4. The molecule has 80 valence electrons. The highest BCUT2D eigenvalue weighted by atomic mass is 32.2. The van der Waals surface area contributed by atoms with Gasteiger partial charge < -0.3 is 5.11 Å². The van der Waals surface area contributed by atoms with Crippen molar-refractivity contribution in [1.29, 1.82) is 0 Å². The first-order valence-electron chi connectivity index (χ1n) is 4.44. The Hall–Kier alpha value is -0.170. The Balaban J connectivity index is 3.74. The SMILES string of the molecule is CCCC(O)CNS(=O)(=O)NCC. The summed E-state index contributed by atoms with van der Waals surface area (Å²) in [5, 5.41) is 9.23. The Morgan fingerprint density at radius 2 is 1.92 bits per heavy atom. The number of aliphatic hydroxyl groups excluding tert-OH is 1. The lowest BCUT2D eigenvalue weighted by molar-refractivity contribution is 0.167. The number of rotatable bonds is 7. The summed E-state index contributed by atoms with van der Waals surface area (Å²) in [4.78, 5) is 0. The molecule has 0 fully saturated rings. The summed E-state index contributed by atoms with van der Waals surface area (Å²) in [7, 11) is -3.41. The van der Waals surface area contributed by atoms with Gasteiger partial charge in [0.15, 0.2) is 0 Å². The van der Waals surface area contributed by atoms with Crippen LogP contribution in [-0.4, -0.2) is 32.7 Å². The second-order valence-electron chi connectivity index (χ2n) is 2.79. The second-order valence-corrected chi connectivity index (χ2v) is 4.38.